The second kappa shape index (κ2) is 9.29. The summed E-state index contributed by atoms with van der Waals surface area (Å²) in [5.74, 6) is 1.25. The zero-order chi connectivity index (χ0) is 21.8. The van der Waals surface area contributed by atoms with Crippen molar-refractivity contribution >= 4 is 11.9 Å². The summed E-state index contributed by atoms with van der Waals surface area (Å²) >= 11 is 0. The van der Waals surface area contributed by atoms with E-state index >= 15 is 0 Å². The summed E-state index contributed by atoms with van der Waals surface area (Å²) in [5, 5.41) is 3.35. The molecular weight excluding hydrogens is 384 g/mol. The summed E-state index contributed by atoms with van der Waals surface area (Å²) < 4.78 is 0. The largest absolute Gasteiger partial charge is 0.354 e. The molecule has 1 N–H and O–H groups in total. The Hall–Kier alpha value is -3.21. The average Bonchev–Trinajstić information content (AvgIpc) is 3.61. The molecule has 3 aromatic rings. The Labute approximate surface area is 184 Å². The summed E-state index contributed by atoms with van der Waals surface area (Å²) in [5.41, 5.74) is 4.38. The molecule has 160 valence electrons. The van der Waals surface area contributed by atoms with E-state index in [9.17, 15) is 4.79 Å². The second-order valence-corrected chi connectivity index (χ2v) is 8.61. The van der Waals surface area contributed by atoms with Gasteiger partial charge >= 0.3 is 0 Å². The number of benzene rings is 2. The standard InChI is InChI=1S/C26H30N4O/c1-18(2)30(17-21-10-5-4-6-11-21)25(31)23-16-28-26(27-15-20-13-14-20)29-24(23)22-12-8-7-9-19(22)3/h4-12,16,18,20H,13-15,17H2,1-3H3,(H,27,28,29). The topological polar surface area (TPSA) is 58.1 Å². The van der Waals surface area contributed by atoms with Gasteiger partial charge in [-0.25, -0.2) is 9.97 Å². The van der Waals surface area contributed by atoms with Crippen molar-refractivity contribution in [3.8, 4) is 11.3 Å². The number of hydrogen-bond donors (Lipinski definition) is 1. The van der Waals surface area contributed by atoms with Crippen molar-refractivity contribution in [1.82, 2.24) is 14.9 Å². The van der Waals surface area contributed by atoms with E-state index in [1.165, 1.54) is 12.8 Å². The molecule has 0 unspecified atom stereocenters. The smallest absolute Gasteiger partial charge is 0.258 e. The predicted octanol–water partition coefficient (Wildman–Crippen LogP) is 5.32. The van der Waals surface area contributed by atoms with E-state index in [2.05, 4.69) is 10.3 Å². The minimum atomic E-state index is -0.0501. The third kappa shape index (κ3) is 5.10. The van der Waals surface area contributed by atoms with E-state index in [0.29, 0.717) is 29.7 Å². The molecule has 1 heterocycles. The molecule has 5 heteroatoms. The molecule has 0 saturated heterocycles. The van der Waals surface area contributed by atoms with Crippen molar-refractivity contribution in [2.75, 3.05) is 11.9 Å². The Balaban J connectivity index is 1.70. The summed E-state index contributed by atoms with van der Waals surface area (Å²) in [6.45, 7) is 7.56. The van der Waals surface area contributed by atoms with Crippen molar-refractivity contribution in [2.24, 2.45) is 5.92 Å². The Morgan fingerprint density at radius 1 is 1.10 bits per heavy atom. The third-order valence-electron chi connectivity index (χ3n) is 5.75. The van der Waals surface area contributed by atoms with Crippen LogP contribution in [0.15, 0.2) is 60.8 Å². The number of aryl methyl sites for hydroxylation is 1. The Bertz CT molecular complexity index is 1040. The minimum absolute atomic E-state index is 0.0464. The van der Waals surface area contributed by atoms with Crippen molar-refractivity contribution in [3.05, 3.63) is 77.5 Å². The van der Waals surface area contributed by atoms with Crippen molar-refractivity contribution in [2.45, 2.75) is 46.2 Å². The highest BCUT2D eigenvalue weighted by Gasteiger charge is 2.25. The van der Waals surface area contributed by atoms with Gasteiger partial charge in [0.15, 0.2) is 0 Å². The van der Waals surface area contributed by atoms with Crippen LogP contribution in [0.1, 0.15) is 48.2 Å². The lowest BCUT2D eigenvalue weighted by molar-refractivity contribution is 0.0690. The number of hydrogen-bond acceptors (Lipinski definition) is 4. The van der Waals surface area contributed by atoms with Crippen molar-refractivity contribution < 1.29 is 4.79 Å². The fraction of sp³-hybridized carbons (Fsp3) is 0.346. The second-order valence-electron chi connectivity index (χ2n) is 8.61. The van der Waals surface area contributed by atoms with E-state index in [1.54, 1.807) is 6.20 Å². The number of aromatic nitrogens is 2. The Kier molecular flexibility index (Phi) is 6.31. The van der Waals surface area contributed by atoms with Crippen LogP contribution in [0.2, 0.25) is 0 Å². The first-order valence-corrected chi connectivity index (χ1v) is 11.0. The van der Waals surface area contributed by atoms with Crippen LogP contribution >= 0.6 is 0 Å². The molecule has 4 rings (SSSR count). The van der Waals surface area contributed by atoms with Gasteiger partial charge in [-0.1, -0.05) is 54.6 Å². The van der Waals surface area contributed by atoms with Crippen LogP contribution in [0.25, 0.3) is 11.3 Å². The third-order valence-corrected chi connectivity index (χ3v) is 5.75. The van der Waals surface area contributed by atoms with Gasteiger partial charge in [0, 0.05) is 30.9 Å². The number of carbonyl (C=O) groups excluding carboxylic acids is 1. The van der Waals surface area contributed by atoms with Crippen LogP contribution in [0.3, 0.4) is 0 Å². The summed E-state index contributed by atoms with van der Waals surface area (Å²) in [6.07, 6.45) is 4.21. The molecule has 0 atom stereocenters. The van der Waals surface area contributed by atoms with Gasteiger partial charge in [-0.05, 0) is 50.7 Å². The van der Waals surface area contributed by atoms with Crippen LogP contribution in [-0.4, -0.2) is 33.4 Å². The molecule has 1 saturated carbocycles. The number of anilines is 1. The number of rotatable bonds is 8. The van der Waals surface area contributed by atoms with E-state index in [0.717, 1.165) is 23.2 Å². The molecule has 0 aliphatic heterocycles. The fourth-order valence-corrected chi connectivity index (χ4v) is 3.65. The van der Waals surface area contributed by atoms with Gasteiger partial charge < -0.3 is 10.2 Å². The van der Waals surface area contributed by atoms with Crippen LogP contribution in [0, 0.1) is 12.8 Å². The van der Waals surface area contributed by atoms with Gasteiger partial charge in [0.25, 0.3) is 5.91 Å². The lowest BCUT2D eigenvalue weighted by atomic mass is 10.0. The molecule has 2 aromatic carbocycles. The Morgan fingerprint density at radius 3 is 2.48 bits per heavy atom. The number of amides is 1. The van der Waals surface area contributed by atoms with Gasteiger partial charge in [0.1, 0.15) is 0 Å². The zero-order valence-corrected chi connectivity index (χ0v) is 18.5. The fourth-order valence-electron chi connectivity index (χ4n) is 3.65. The minimum Gasteiger partial charge on any atom is -0.354 e. The number of nitrogens with one attached hydrogen (secondary N) is 1. The van der Waals surface area contributed by atoms with E-state index in [4.69, 9.17) is 4.98 Å². The number of nitrogens with zero attached hydrogens (tertiary/aromatic N) is 3. The lowest BCUT2D eigenvalue weighted by Crippen LogP contribution is -2.37. The quantitative estimate of drug-likeness (QED) is 0.542. The summed E-state index contributed by atoms with van der Waals surface area (Å²) in [4.78, 5) is 24.9. The van der Waals surface area contributed by atoms with Crippen molar-refractivity contribution in [1.29, 1.82) is 0 Å². The highest BCUT2D eigenvalue weighted by Crippen LogP contribution is 2.30. The molecule has 0 spiro atoms. The molecule has 5 nitrogen and oxygen atoms in total. The van der Waals surface area contributed by atoms with Gasteiger partial charge in [-0.3, -0.25) is 4.79 Å². The molecule has 31 heavy (non-hydrogen) atoms. The average molecular weight is 415 g/mol. The molecule has 1 aromatic heterocycles. The van der Waals surface area contributed by atoms with Gasteiger partial charge in [-0.15, -0.1) is 0 Å². The van der Waals surface area contributed by atoms with E-state index < -0.39 is 0 Å². The first kappa shape index (κ1) is 21.0. The molecule has 1 aliphatic rings. The number of carbonyl (C=O) groups is 1. The normalized spacial score (nSPS) is 13.3. The van der Waals surface area contributed by atoms with Gasteiger partial charge in [-0.2, -0.15) is 0 Å². The van der Waals surface area contributed by atoms with Crippen LogP contribution < -0.4 is 5.32 Å². The van der Waals surface area contributed by atoms with Gasteiger partial charge in [0.05, 0.1) is 11.3 Å². The first-order valence-electron chi connectivity index (χ1n) is 11.0. The molecule has 1 amide bonds. The highest BCUT2D eigenvalue weighted by molar-refractivity contribution is 6.00. The Morgan fingerprint density at radius 2 is 1.81 bits per heavy atom. The summed E-state index contributed by atoms with van der Waals surface area (Å²) in [6, 6.07) is 18.2. The molecular formula is C26H30N4O. The maximum absolute atomic E-state index is 13.7. The van der Waals surface area contributed by atoms with Crippen LogP contribution in [0.5, 0.6) is 0 Å². The maximum atomic E-state index is 13.7. The highest BCUT2D eigenvalue weighted by atomic mass is 16.2. The van der Waals surface area contributed by atoms with Crippen molar-refractivity contribution in [3.63, 3.8) is 0 Å². The molecule has 1 aliphatic carbocycles. The van der Waals surface area contributed by atoms with Gasteiger partial charge in [0.2, 0.25) is 5.95 Å². The first-order chi connectivity index (χ1) is 15.0. The monoisotopic (exact) mass is 414 g/mol. The van der Waals surface area contributed by atoms with E-state index in [-0.39, 0.29) is 11.9 Å². The maximum Gasteiger partial charge on any atom is 0.258 e. The van der Waals surface area contributed by atoms with E-state index in [1.807, 2.05) is 80.3 Å². The van der Waals surface area contributed by atoms with Crippen LogP contribution in [-0.2, 0) is 6.54 Å². The summed E-state index contributed by atoms with van der Waals surface area (Å²) in [7, 11) is 0. The predicted molar refractivity (Wildman–Crippen MR) is 125 cm³/mol. The molecule has 0 radical (unpaired) electrons. The molecule has 0 bridgehead atoms. The zero-order valence-electron chi connectivity index (χ0n) is 18.5. The van der Waals surface area contributed by atoms with Crippen LogP contribution in [0.4, 0.5) is 5.95 Å². The lowest BCUT2D eigenvalue weighted by Gasteiger charge is -2.28. The molecule has 1 fully saturated rings. The SMILES string of the molecule is Cc1ccccc1-c1nc(NCC2CC2)ncc1C(=O)N(Cc1ccccc1)C(C)C.